The summed E-state index contributed by atoms with van der Waals surface area (Å²) in [5, 5.41) is 13.0. The molecule has 2 aromatic carbocycles. The lowest BCUT2D eigenvalue weighted by Gasteiger charge is -2.22. The van der Waals surface area contributed by atoms with Crippen molar-refractivity contribution in [2.24, 2.45) is 0 Å². The molecule has 138 valence electrons. The van der Waals surface area contributed by atoms with Gasteiger partial charge >= 0.3 is 0 Å². The van der Waals surface area contributed by atoms with Crippen LogP contribution in [0.25, 0.3) is 0 Å². The van der Waals surface area contributed by atoms with Gasteiger partial charge < -0.3 is 10.4 Å². The van der Waals surface area contributed by atoms with Gasteiger partial charge in [-0.3, -0.25) is 9.69 Å². The lowest BCUT2D eigenvalue weighted by molar-refractivity contribution is 0.0951. The summed E-state index contributed by atoms with van der Waals surface area (Å²) in [6.45, 7) is 2.67. The van der Waals surface area contributed by atoms with E-state index in [1.165, 1.54) is 18.4 Å². The van der Waals surface area contributed by atoms with Gasteiger partial charge in [0.2, 0.25) is 0 Å². The first-order valence-corrected chi connectivity index (χ1v) is 9.55. The van der Waals surface area contributed by atoms with Crippen LogP contribution in [-0.4, -0.2) is 41.6 Å². The number of phenols is 1. The first-order valence-electron chi connectivity index (χ1n) is 9.17. The van der Waals surface area contributed by atoms with Crippen LogP contribution in [0.2, 0.25) is 5.02 Å². The fourth-order valence-electron chi connectivity index (χ4n) is 3.04. The highest BCUT2D eigenvalue weighted by Crippen LogP contribution is 2.27. The first kappa shape index (κ1) is 18.7. The minimum Gasteiger partial charge on any atom is -0.508 e. The summed E-state index contributed by atoms with van der Waals surface area (Å²) in [4.78, 5) is 14.6. The van der Waals surface area contributed by atoms with E-state index in [0.717, 1.165) is 25.9 Å². The lowest BCUT2D eigenvalue weighted by Crippen LogP contribution is -2.32. The molecule has 0 heterocycles. The molecule has 5 heteroatoms. The molecule has 0 aliphatic heterocycles. The molecule has 2 aromatic rings. The van der Waals surface area contributed by atoms with Crippen LogP contribution in [-0.2, 0) is 6.42 Å². The molecular formula is C21H25ClN2O2. The van der Waals surface area contributed by atoms with Crippen LogP contribution in [0, 0.1) is 0 Å². The molecule has 1 amide bonds. The number of nitrogens with one attached hydrogen (secondary N) is 1. The normalized spacial score (nSPS) is 13.8. The molecule has 1 aliphatic rings. The Labute approximate surface area is 159 Å². The van der Waals surface area contributed by atoms with Gasteiger partial charge in [-0.05, 0) is 67.6 Å². The van der Waals surface area contributed by atoms with E-state index in [0.29, 0.717) is 28.9 Å². The molecule has 0 spiro atoms. The summed E-state index contributed by atoms with van der Waals surface area (Å²) in [6.07, 6.45) is 4.46. The minimum absolute atomic E-state index is 0.0521. The molecule has 4 nitrogen and oxygen atoms in total. The van der Waals surface area contributed by atoms with Gasteiger partial charge in [-0.25, -0.2) is 0 Å². The Balaban J connectivity index is 1.39. The summed E-state index contributed by atoms with van der Waals surface area (Å²) in [6, 6.07) is 15.1. The van der Waals surface area contributed by atoms with Crippen molar-refractivity contribution in [3.8, 4) is 5.75 Å². The summed E-state index contributed by atoms with van der Waals surface area (Å²) < 4.78 is 0. The van der Waals surface area contributed by atoms with E-state index >= 15 is 0 Å². The van der Waals surface area contributed by atoms with Crippen molar-refractivity contribution in [1.82, 2.24) is 10.2 Å². The number of carbonyl (C=O) groups excluding carboxylic acids is 1. The highest BCUT2D eigenvalue weighted by Gasteiger charge is 2.28. The molecule has 1 fully saturated rings. The van der Waals surface area contributed by atoms with E-state index in [1.54, 1.807) is 36.4 Å². The standard InChI is InChI=1S/C21H25ClN2O2/c22-18-6-4-17(5-7-18)21(26)23-13-1-14-24(19-8-9-19)15-12-16-2-10-20(25)11-3-16/h2-7,10-11,19,25H,1,8-9,12-15H2,(H,23,26). The van der Waals surface area contributed by atoms with Crippen molar-refractivity contribution >= 4 is 17.5 Å². The molecule has 0 atom stereocenters. The van der Waals surface area contributed by atoms with Crippen LogP contribution in [0.1, 0.15) is 35.2 Å². The van der Waals surface area contributed by atoms with Crippen molar-refractivity contribution in [3.05, 3.63) is 64.7 Å². The van der Waals surface area contributed by atoms with Crippen LogP contribution in [0.15, 0.2) is 48.5 Å². The van der Waals surface area contributed by atoms with Crippen LogP contribution < -0.4 is 5.32 Å². The second kappa shape index (κ2) is 9.06. The SMILES string of the molecule is O=C(NCCCN(CCc1ccc(O)cc1)C1CC1)c1ccc(Cl)cc1. The molecular weight excluding hydrogens is 348 g/mol. The van der Waals surface area contributed by atoms with Gasteiger partial charge in [0.15, 0.2) is 0 Å². The lowest BCUT2D eigenvalue weighted by atomic mass is 10.1. The Morgan fingerprint density at radius 2 is 1.77 bits per heavy atom. The minimum atomic E-state index is -0.0521. The largest absolute Gasteiger partial charge is 0.508 e. The smallest absolute Gasteiger partial charge is 0.251 e. The highest BCUT2D eigenvalue weighted by molar-refractivity contribution is 6.30. The number of phenolic OH excluding ortho intramolecular Hbond substituents is 1. The molecule has 1 aliphatic carbocycles. The van der Waals surface area contributed by atoms with Crippen LogP contribution in [0.4, 0.5) is 0 Å². The average molecular weight is 373 g/mol. The van der Waals surface area contributed by atoms with Crippen LogP contribution >= 0.6 is 11.6 Å². The number of rotatable bonds is 9. The van der Waals surface area contributed by atoms with Crippen molar-refractivity contribution in [2.75, 3.05) is 19.6 Å². The van der Waals surface area contributed by atoms with Gasteiger partial charge in [0.25, 0.3) is 5.91 Å². The second-order valence-corrected chi connectivity index (χ2v) is 7.24. The maximum absolute atomic E-state index is 12.1. The number of hydrogen-bond acceptors (Lipinski definition) is 3. The Morgan fingerprint density at radius 1 is 1.08 bits per heavy atom. The third kappa shape index (κ3) is 5.75. The average Bonchev–Trinajstić information content (AvgIpc) is 3.48. The third-order valence-corrected chi connectivity index (χ3v) is 4.95. The van der Waals surface area contributed by atoms with E-state index in [1.807, 2.05) is 12.1 Å². The Bertz CT molecular complexity index is 712. The van der Waals surface area contributed by atoms with Gasteiger partial charge in [-0.1, -0.05) is 23.7 Å². The Morgan fingerprint density at radius 3 is 2.42 bits per heavy atom. The quantitative estimate of drug-likeness (QED) is 0.657. The van der Waals surface area contributed by atoms with Crippen molar-refractivity contribution < 1.29 is 9.90 Å². The number of amides is 1. The van der Waals surface area contributed by atoms with E-state index in [9.17, 15) is 9.90 Å². The zero-order valence-corrected chi connectivity index (χ0v) is 15.6. The third-order valence-electron chi connectivity index (χ3n) is 4.70. The summed E-state index contributed by atoms with van der Waals surface area (Å²) in [5.74, 6) is 0.257. The zero-order chi connectivity index (χ0) is 18.4. The predicted molar refractivity (Wildman–Crippen MR) is 105 cm³/mol. The number of benzene rings is 2. The van der Waals surface area contributed by atoms with E-state index in [-0.39, 0.29) is 5.91 Å². The number of hydrogen-bond donors (Lipinski definition) is 2. The van der Waals surface area contributed by atoms with Crippen LogP contribution in [0.3, 0.4) is 0 Å². The Hall–Kier alpha value is -2.04. The maximum atomic E-state index is 12.1. The molecule has 0 saturated heterocycles. The molecule has 2 N–H and O–H groups in total. The topological polar surface area (TPSA) is 52.6 Å². The van der Waals surface area contributed by atoms with Crippen molar-refractivity contribution in [1.29, 1.82) is 0 Å². The number of aromatic hydroxyl groups is 1. The van der Waals surface area contributed by atoms with Crippen molar-refractivity contribution in [2.45, 2.75) is 31.7 Å². The molecule has 0 bridgehead atoms. The van der Waals surface area contributed by atoms with E-state index in [4.69, 9.17) is 11.6 Å². The summed E-state index contributed by atoms with van der Waals surface area (Å²) >= 11 is 5.85. The molecule has 0 radical (unpaired) electrons. The molecule has 3 rings (SSSR count). The molecule has 26 heavy (non-hydrogen) atoms. The summed E-state index contributed by atoms with van der Waals surface area (Å²) in [5.41, 5.74) is 1.88. The first-order chi connectivity index (χ1) is 12.6. The fraction of sp³-hybridized carbons (Fsp3) is 0.381. The monoisotopic (exact) mass is 372 g/mol. The van der Waals surface area contributed by atoms with Gasteiger partial charge in [0.1, 0.15) is 5.75 Å². The molecule has 1 saturated carbocycles. The Kier molecular flexibility index (Phi) is 6.53. The molecule has 0 unspecified atom stereocenters. The van der Waals surface area contributed by atoms with Gasteiger partial charge in [0.05, 0.1) is 0 Å². The summed E-state index contributed by atoms with van der Waals surface area (Å²) in [7, 11) is 0. The van der Waals surface area contributed by atoms with Gasteiger partial charge in [0, 0.05) is 36.3 Å². The van der Waals surface area contributed by atoms with E-state index in [2.05, 4.69) is 10.2 Å². The van der Waals surface area contributed by atoms with E-state index < -0.39 is 0 Å². The van der Waals surface area contributed by atoms with Crippen LogP contribution in [0.5, 0.6) is 5.75 Å². The second-order valence-electron chi connectivity index (χ2n) is 6.80. The maximum Gasteiger partial charge on any atom is 0.251 e. The number of carbonyl (C=O) groups is 1. The predicted octanol–water partition coefficient (Wildman–Crippen LogP) is 3.87. The zero-order valence-electron chi connectivity index (χ0n) is 14.8. The number of halogens is 1. The number of nitrogens with zero attached hydrogens (tertiary/aromatic N) is 1. The molecule has 0 aromatic heterocycles. The van der Waals surface area contributed by atoms with Crippen molar-refractivity contribution in [3.63, 3.8) is 0 Å². The fourth-order valence-corrected chi connectivity index (χ4v) is 3.17. The van der Waals surface area contributed by atoms with Gasteiger partial charge in [-0.15, -0.1) is 0 Å². The highest BCUT2D eigenvalue weighted by atomic mass is 35.5. The van der Waals surface area contributed by atoms with Gasteiger partial charge in [-0.2, -0.15) is 0 Å².